The lowest BCUT2D eigenvalue weighted by Crippen LogP contribution is -2.30. The van der Waals surface area contributed by atoms with Gasteiger partial charge in [-0.1, -0.05) is 53.9 Å². The van der Waals surface area contributed by atoms with Crippen LogP contribution < -0.4 is 5.48 Å². The number of carbonyl (C=O) groups excluding carboxylic acids is 2. The lowest BCUT2D eigenvalue weighted by Gasteiger charge is -2.09. The summed E-state index contributed by atoms with van der Waals surface area (Å²) in [5, 5.41) is 0. The number of carbonyl (C=O) groups is 2. The SMILES string of the molecule is CCCCC(Br)C(=O)ONC(=O)c1ccccc1. The van der Waals surface area contributed by atoms with E-state index < -0.39 is 11.9 Å². The van der Waals surface area contributed by atoms with Crippen molar-refractivity contribution in [3.8, 4) is 0 Å². The fourth-order valence-corrected chi connectivity index (χ4v) is 1.73. The van der Waals surface area contributed by atoms with Gasteiger partial charge in [0.15, 0.2) is 0 Å². The van der Waals surface area contributed by atoms with Crippen molar-refractivity contribution in [3.63, 3.8) is 0 Å². The maximum atomic E-state index is 11.6. The maximum absolute atomic E-state index is 11.6. The van der Waals surface area contributed by atoms with Crippen LogP contribution in [0.5, 0.6) is 0 Å². The highest BCUT2D eigenvalue weighted by atomic mass is 79.9. The second kappa shape index (κ2) is 7.87. The van der Waals surface area contributed by atoms with Crippen molar-refractivity contribution in [2.45, 2.75) is 31.0 Å². The molecule has 18 heavy (non-hydrogen) atoms. The average Bonchev–Trinajstić information content (AvgIpc) is 2.42. The largest absolute Gasteiger partial charge is 0.345 e. The molecule has 0 aromatic heterocycles. The van der Waals surface area contributed by atoms with Crippen molar-refractivity contribution in [2.75, 3.05) is 0 Å². The van der Waals surface area contributed by atoms with Crippen LogP contribution in [0.25, 0.3) is 0 Å². The Morgan fingerprint density at radius 1 is 1.33 bits per heavy atom. The molecule has 1 rings (SSSR count). The van der Waals surface area contributed by atoms with Gasteiger partial charge in [0.2, 0.25) is 0 Å². The third kappa shape index (κ3) is 4.87. The highest BCUT2D eigenvalue weighted by molar-refractivity contribution is 9.10. The zero-order valence-corrected chi connectivity index (χ0v) is 11.8. The van der Waals surface area contributed by atoms with Crippen LogP contribution in [-0.2, 0) is 9.63 Å². The number of benzene rings is 1. The number of nitrogens with one attached hydrogen (secondary N) is 1. The molecule has 98 valence electrons. The standard InChI is InChI=1S/C13H16BrNO3/c1-2-3-9-11(14)13(17)18-15-12(16)10-7-5-4-6-8-10/h4-8,11H,2-3,9H2,1H3,(H,15,16). The molecule has 5 heteroatoms. The molecule has 0 bridgehead atoms. The van der Waals surface area contributed by atoms with Gasteiger partial charge in [-0.25, -0.2) is 4.79 Å². The van der Waals surface area contributed by atoms with E-state index in [1.807, 2.05) is 13.0 Å². The predicted octanol–water partition coefficient (Wildman–Crippen LogP) is 2.83. The number of unbranched alkanes of at least 4 members (excludes halogenated alkanes) is 1. The van der Waals surface area contributed by atoms with E-state index >= 15 is 0 Å². The first-order valence-electron chi connectivity index (χ1n) is 5.85. The smallest absolute Gasteiger partial charge is 0.339 e. The van der Waals surface area contributed by atoms with Gasteiger partial charge in [0, 0.05) is 5.56 Å². The first-order valence-corrected chi connectivity index (χ1v) is 6.77. The van der Waals surface area contributed by atoms with E-state index in [0.29, 0.717) is 12.0 Å². The summed E-state index contributed by atoms with van der Waals surface area (Å²) < 4.78 is 0. The monoisotopic (exact) mass is 313 g/mol. The number of alkyl halides is 1. The first-order chi connectivity index (χ1) is 8.65. The van der Waals surface area contributed by atoms with Crippen molar-refractivity contribution in [3.05, 3.63) is 35.9 Å². The summed E-state index contributed by atoms with van der Waals surface area (Å²) in [6.45, 7) is 2.04. The highest BCUT2D eigenvalue weighted by Crippen LogP contribution is 2.11. The average molecular weight is 314 g/mol. The Kier molecular flexibility index (Phi) is 6.43. The molecule has 0 radical (unpaired) electrons. The Morgan fingerprint density at radius 3 is 2.61 bits per heavy atom. The number of halogens is 1. The predicted molar refractivity (Wildman–Crippen MR) is 72.2 cm³/mol. The van der Waals surface area contributed by atoms with Crippen molar-refractivity contribution in [1.82, 2.24) is 5.48 Å². The Bertz CT molecular complexity index is 394. The third-order valence-electron chi connectivity index (χ3n) is 2.35. The Labute approximate surface area is 115 Å². The molecular formula is C13H16BrNO3. The minimum Gasteiger partial charge on any atom is -0.339 e. The molecule has 1 N–H and O–H groups in total. The lowest BCUT2D eigenvalue weighted by molar-refractivity contribution is -0.148. The fraction of sp³-hybridized carbons (Fsp3) is 0.385. The van der Waals surface area contributed by atoms with Crippen molar-refractivity contribution >= 4 is 27.8 Å². The summed E-state index contributed by atoms with van der Waals surface area (Å²) >= 11 is 3.22. The number of hydrogen-bond acceptors (Lipinski definition) is 3. The Balaban J connectivity index is 2.36. The second-order valence-electron chi connectivity index (χ2n) is 3.83. The molecule has 0 aliphatic rings. The van der Waals surface area contributed by atoms with Gasteiger partial charge in [-0.3, -0.25) is 4.79 Å². The number of hydrogen-bond donors (Lipinski definition) is 1. The van der Waals surface area contributed by atoms with Gasteiger partial charge in [-0.15, -0.1) is 0 Å². The normalized spacial score (nSPS) is 11.7. The van der Waals surface area contributed by atoms with Crippen molar-refractivity contribution in [1.29, 1.82) is 0 Å². The fourth-order valence-electron chi connectivity index (χ4n) is 1.31. The summed E-state index contributed by atoms with van der Waals surface area (Å²) in [4.78, 5) is 27.4. The quantitative estimate of drug-likeness (QED) is 0.671. The lowest BCUT2D eigenvalue weighted by atomic mass is 10.2. The first kappa shape index (κ1) is 14.7. The molecule has 1 amide bonds. The molecule has 0 heterocycles. The van der Waals surface area contributed by atoms with Crippen LogP contribution in [-0.4, -0.2) is 16.7 Å². The van der Waals surface area contributed by atoms with E-state index in [1.54, 1.807) is 24.3 Å². The van der Waals surface area contributed by atoms with Gasteiger partial charge >= 0.3 is 5.97 Å². The van der Waals surface area contributed by atoms with E-state index in [0.717, 1.165) is 12.8 Å². The molecule has 1 aromatic carbocycles. The molecule has 1 unspecified atom stereocenters. The van der Waals surface area contributed by atoms with E-state index in [1.165, 1.54) is 0 Å². The van der Waals surface area contributed by atoms with Gasteiger partial charge in [-0.05, 0) is 18.6 Å². The topological polar surface area (TPSA) is 55.4 Å². The van der Waals surface area contributed by atoms with Gasteiger partial charge in [-0.2, -0.15) is 5.48 Å². The van der Waals surface area contributed by atoms with Gasteiger partial charge in [0.05, 0.1) is 0 Å². The summed E-state index contributed by atoms with van der Waals surface area (Å²) in [6.07, 6.45) is 2.62. The van der Waals surface area contributed by atoms with Crippen molar-refractivity contribution in [2.24, 2.45) is 0 Å². The molecule has 0 fully saturated rings. The van der Waals surface area contributed by atoms with E-state index in [2.05, 4.69) is 21.4 Å². The summed E-state index contributed by atoms with van der Waals surface area (Å²) in [5.41, 5.74) is 2.59. The maximum Gasteiger partial charge on any atom is 0.345 e. The van der Waals surface area contributed by atoms with Gasteiger partial charge in [0.25, 0.3) is 5.91 Å². The Hall–Kier alpha value is -1.36. The van der Waals surface area contributed by atoms with Gasteiger partial charge in [0.1, 0.15) is 4.83 Å². The van der Waals surface area contributed by atoms with Crippen LogP contribution in [0.4, 0.5) is 0 Å². The van der Waals surface area contributed by atoms with Crippen molar-refractivity contribution < 1.29 is 14.4 Å². The second-order valence-corrected chi connectivity index (χ2v) is 4.93. The van der Waals surface area contributed by atoms with Crippen LogP contribution in [0.15, 0.2) is 30.3 Å². The number of rotatable bonds is 5. The molecule has 1 atom stereocenters. The summed E-state index contributed by atoms with van der Waals surface area (Å²) in [6, 6.07) is 8.58. The molecule has 0 saturated carbocycles. The van der Waals surface area contributed by atoms with Crippen LogP contribution in [0, 0.1) is 0 Å². The summed E-state index contributed by atoms with van der Waals surface area (Å²) in [5.74, 6) is -0.910. The molecular weight excluding hydrogens is 298 g/mol. The van der Waals surface area contributed by atoms with E-state index in [9.17, 15) is 9.59 Å². The zero-order chi connectivity index (χ0) is 13.4. The zero-order valence-electron chi connectivity index (χ0n) is 10.2. The van der Waals surface area contributed by atoms with E-state index in [-0.39, 0.29) is 4.83 Å². The molecule has 4 nitrogen and oxygen atoms in total. The minimum absolute atomic E-state index is 0.381. The van der Waals surface area contributed by atoms with Gasteiger partial charge < -0.3 is 4.84 Å². The highest BCUT2D eigenvalue weighted by Gasteiger charge is 2.17. The van der Waals surface area contributed by atoms with Crippen LogP contribution >= 0.6 is 15.9 Å². The molecule has 1 aromatic rings. The molecule has 0 saturated heterocycles. The molecule has 0 aliphatic carbocycles. The Morgan fingerprint density at radius 2 is 2.00 bits per heavy atom. The minimum atomic E-state index is -0.479. The molecule has 0 aliphatic heterocycles. The third-order valence-corrected chi connectivity index (χ3v) is 3.18. The van der Waals surface area contributed by atoms with Crippen LogP contribution in [0.1, 0.15) is 36.5 Å². The number of hydroxylamine groups is 1. The van der Waals surface area contributed by atoms with Crippen LogP contribution in [0.2, 0.25) is 0 Å². The summed E-state index contributed by atoms with van der Waals surface area (Å²) in [7, 11) is 0. The molecule has 0 spiro atoms. The van der Waals surface area contributed by atoms with Crippen LogP contribution in [0.3, 0.4) is 0 Å². The number of amides is 1. The van der Waals surface area contributed by atoms with E-state index in [4.69, 9.17) is 4.84 Å².